The molecule has 0 aromatic heterocycles. The number of aliphatic hydroxyl groups is 1. The molecule has 0 aliphatic heterocycles. The quantitative estimate of drug-likeness (QED) is 0.689. The third-order valence-corrected chi connectivity index (χ3v) is 5.89. The zero-order valence-corrected chi connectivity index (χ0v) is 17.1. The van der Waals surface area contributed by atoms with E-state index in [1.807, 2.05) is 38.1 Å². The molecule has 2 saturated carbocycles. The molecule has 0 radical (unpaired) electrons. The van der Waals surface area contributed by atoms with E-state index in [1.54, 1.807) is 0 Å². The maximum atomic E-state index is 12.6. The molecule has 3 unspecified atom stereocenters. The summed E-state index contributed by atoms with van der Waals surface area (Å²) in [4.78, 5) is 12.6. The molecule has 0 saturated heterocycles. The van der Waals surface area contributed by atoms with Gasteiger partial charge in [-0.3, -0.25) is 4.79 Å². The van der Waals surface area contributed by atoms with Crippen molar-refractivity contribution in [2.24, 2.45) is 23.5 Å². The highest BCUT2D eigenvalue weighted by atomic mass is 35.5. The van der Waals surface area contributed by atoms with Crippen LogP contribution in [-0.4, -0.2) is 29.7 Å². The fourth-order valence-electron chi connectivity index (χ4n) is 4.50. The summed E-state index contributed by atoms with van der Waals surface area (Å²) in [7, 11) is 0. The Balaban J connectivity index is 0.00000261. The minimum atomic E-state index is -0.711. The van der Waals surface area contributed by atoms with Gasteiger partial charge in [-0.05, 0) is 69.1 Å². The molecular weight excluding hydrogens is 364 g/mol. The molecule has 3 atom stereocenters. The first-order valence-electron chi connectivity index (χ1n) is 9.92. The van der Waals surface area contributed by atoms with E-state index >= 15 is 0 Å². The van der Waals surface area contributed by atoms with Crippen molar-refractivity contribution in [2.45, 2.75) is 64.2 Å². The topological polar surface area (TPSA) is 84.6 Å². The van der Waals surface area contributed by atoms with Crippen LogP contribution in [0.4, 0.5) is 0 Å². The first-order chi connectivity index (χ1) is 12.4. The molecule has 2 bridgehead atoms. The molecule has 27 heavy (non-hydrogen) atoms. The van der Waals surface area contributed by atoms with Gasteiger partial charge in [-0.1, -0.05) is 18.6 Å². The molecule has 2 aliphatic rings. The fourth-order valence-corrected chi connectivity index (χ4v) is 4.50. The number of carbonyl (C=O) groups excluding carboxylic acids is 1. The van der Waals surface area contributed by atoms with Gasteiger partial charge >= 0.3 is 0 Å². The third-order valence-electron chi connectivity index (χ3n) is 5.89. The van der Waals surface area contributed by atoms with Crippen LogP contribution in [0.3, 0.4) is 0 Å². The van der Waals surface area contributed by atoms with E-state index < -0.39 is 6.10 Å². The number of nitrogens with one attached hydrogen (secondary N) is 1. The molecule has 0 heterocycles. The summed E-state index contributed by atoms with van der Waals surface area (Å²) in [6, 6.07) is 7.66. The van der Waals surface area contributed by atoms with Crippen LogP contribution in [0.15, 0.2) is 24.3 Å². The molecule has 2 aliphatic carbocycles. The lowest BCUT2D eigenvalue weighted by atomic mass is 9.65. The van der Waals surface area contributed by atoms with Gasteiger partial charge in [0.05, 0.1) is 12.2 Å². The normalized spacial score (nSPS) is 28.2. The van der Waals surface area contributed by atoms with Gasteiger partial charge in [0, 0.05) is 18.5 Å². The Labute approximate surface area is 168 Å². The number of hydrogen-bond acceptors (Lipinski definition) is 4. The summed E-state index contributed by atoms with van der Waals surface area (Å²) >= 11 is 0. The minimum absolute atomic E-state index is 0. The number of nitrogens with two attached hydrogens (primary N) is 1. The Morgan fingerprint density at radius 1 is 1.22 bits per heavy atom. The van der Waals surface area contributed by atoms with Crippen molar-refractivity contribution in [3.05, 3.63) is 29.8 Å². The zero-order valence-electron chi connectivity index (χ0n) is 16.3. The average Bonchev–Trinajstić information content (AvgIpc) is 2.59. The Hall–Kier alpha value is -1.30. The smallest absolute Gasteiger partial charge is 0.223 e. The van der Waals surface area contributed by atoms with Crippen LogP contribution >= 0.6 is 12.4 Å². The Morgan fingerprint density at radius 2 is 1.81 bits per heavy atom. The van der Waals surface area contributed by atoms with Crippen LogP contribution < -0.4 is 15.8 Å². The van der Waals surface area contributed by atoms with Gasteiger partial charge in [0.15, 0.2) is 0 Å². The SMILES string of the molecule is CC(C)Oc1ccc(C(O)CNC(=O)C2CC3CCCC(C2)C3N)cc1.Cl. The van der Waals surface area contributed by atoms with Crippen LogP contribution in [-0.2, 0) is 4.79 Å². The van der Waals surface area contributed by atoms with E-state index in [9.17, 15) is 9.90 Å². The lowest BCUT2D eigenvalue weighted by Gasteiger charge is -2.43. The standard InChI is InChI=1S/C21H32N2O3.ClH/c1-13(2)26-18-8-6-14(7-9-18)19(24)12-23-21(25)17-10-15-4-3-5-16(11-17)20(15)22;/h6-9,13,15-17,19-20,24H,3-5,10-12,22H2,1-2H3,(H,23,25);1H. The Bertz CT molecular complexity index is 594. The van der Waals surface area contributed by atoms with E-state index in [0.29, 0.717) is 11.8 Å². The lowest BCUT2D eigenvalue weighted by molar-refractivity contribution is -0.128. The van der Waals surface area contributed by atoms with Crippen LogP contribution in [0.1, 0.15) is 57.6 Å². The van der Waals surface area contributed by atoms with Gasteiger partial charge in [0.25, 0.3) is 0 Å². The van der Waals surface area contributed by atoms with Crippen LogP contribution in [0, 0.1) is 17.8 Å². The maximum Gasteiger partial charge on any atom is 0.223 e. The highest BCUT2D eigenvalue weighted by molar-refractivity contribution is 5.85. The summed E-state index contributed by atoms with van der Waals surface area (Å²) < 4.78 is 5.61. The number of fused-ring (bicyclic) bond motifs is 2. The van der Waals surface area contributed by atoms with Gasteiger partial charge in [0.2, 0.25) is 5.91 Å². The maximum absolute atomic E-state index is 12.6. The van der Waals surface area contributed by atoms with E-state index in [1.165, 1.54) is 6.42 Å². The van der Waals surface area contributed by atoms with E-state index in [2.05, 4.69) is 5.32 Å². The fraction of sp³-hybridized carbons (Fsp3) is 0.667. The highest BCUT2D eigenvalue weighted by Gasteiger charge is 2.40. The van der Waals surface area contributed by atoms with E-state index in [-0.39, 0.29) is 42.9 Å². The summed E-state index contributed by atoms with van der Waals surface area (Å²) in [6.45, 7) is 4.19. The second-order valence-corrected chi connectivity index (χ2v) is 8.19. The second-order valence-electron chi connectivity index (χ2n) is 8.19. The van der Waals surface area contributed by atoms with Crippen molar-refractivity contribution in [1.29, 1.82) is 0 Å². The molecule has 152 valence electrons. The van der Waals surface area contributed by atoms with Gasteiger partial charge in [-0.2, -0.15) is 0 Å². The van der Waals surface area contributed by atoms with Crippen molar-refractivity contribution in [3.8, 4) is 5.75 Å². The molecule has 1 aromatic carbocycles. The molecule has 3 rings (SSSR count). The lowest BCUT2D eigenvalue weighted by Crippen LogP contribution is -2.49. The van der Waals surface area contributed by atoms with Crippen molar-refractivity contribution in [1.82, 2.24) is 5.32 Å². The van der Waals surface area contributed by atoms with Gasteiger partial charge < -0.3 is 20.9 Å². The molecule has 5 nitrogen and oxygen atoms in total. The summed E-state index contributed by atoms with van der Waals surface area (Å²) in [5.41, 5.74) is 7.09. The van der Waals surface area contributed by atoms with Crippen molar-refractivity contribution < 1.29 is 14.6 Å². The molecule has 1 aromatic rings. The van der Waals surface area contributed by atoms with E-state index in [4.69, 9.17) is 10.5 Å². The predicted molar refractivity (Wildman–Crippen MR) is 109 cm³/mol. The third kappa shape index (κ3) is 5.59. The average molecular weight is 397 g/mol. The summed E-state index contributed by atoms with van der Waals surface area (Å²) in [5.74, 6) is 1.85. The predicted octanol–water partition coefficient (Wildman–Crippen LogP) is 3.20. The molecule has 1 amide bonds. The largest absolute Gasteiger partial charge is 0.491 e. The number of hydrogen-bond donors (Lipinski definition) is 3. The van der Waals surface area contributed by atoms with Crippen LogP contribution in [0.25, 0.3) is 0 Å². The first kappa shape index (κ1) is 22.0. The zero-order chi connectivity index (χ0) is 18.7. The van der Waals surface area contributed by atoms with Crippen LogP contribution in [0.2, 0.25) is 0 Å². The Morgan fingerprint density at radius 3 is 2.37 bits per heavy atom. The molecule has 4 N–H and O–H groups in total. The number of halogens is 1. The number of rotatable bonds is 6. The van der Waals surface area contributed by atoms with Gasteiger partial charge in [-0.15, -0.1) is 12.4 Å². The molecular formula is C21H33ClN2O3. The molecule has 2 fully saturated rings. The number of benzene rings is 1. The molecule has 0 spiro atoms. The van der Waals surface area contributed by atoms with Gasteiger partial charge in [0.1, 0.15) is 5.75 Å². The van der Waals surface area contributed by atoms with Crippen molar-refractivity contribution >= 4 is 18.3 Å². The summed E-state index contributed by atoms with van der Waals surface area (Å²) in [6.07, 6.45) is 4.73. The summed E-state index contributed by atoms with van der Waals surface area (Å²) in [5, 5.41) is 13.3. The number of carbonyl (C=O) groups is 1. The Kier molecular flexibility index (Phi) is 7.95. The highest BCUT2D eigenvalue weighted by Crippen LogP contribution is 2.41. The monoisotopic (exact) mass is 396 g/mol. The van der Waals surface area contributed by atoms with Crippen molar-refractivity contribution in [3.63, 3.8) is 0 Å². The van der Waals surface area contributed by atoms with Crippen molar-refractivity contribution in [2.75, 3.05) is 6.54 Å². The molecule has 6 heteroatoms. The number of aliphatic hydroxyl groups excluding tert-OH is 1. The second kappa shape index (κ2) is 9.76. The van der Waals surface area contributed by atoms with Gasteiger partial charge in [-0.25, -0.2) is 0 Å². The van der Waals surface area contributed by atoms with Crippen LogP contribution in [0.5, 0.6) is 5.75 Å². The number of amides is 1. The minimum Gasteiger partial charge on any atom is -0.491 e. The van der Waals surface area contributed by atoms with E-state index in [0.717, 1.165) is 37.0 Å². The number of ether oxygens (including phenoxy) is 1. The first-order valence-corrected chi connectivity index (χ1v) is 9.92.